The van der Waals surface area contributed by atoms with Gasteiger partial charge in [-0.15, -0.1) is 11.8 Å². The maximum atomic E-state index is 14.6. The Morgan fingerprint density at radius 2 is 1.82 bits per heavy atom. The number of hydrogen-bond donors (Lipinski definition) is 1. The van der Waals surface area contributed by atoms with Gasteiger partial charge in [0.1, 0.15) is 6.04 Å². The van der Waals surface area contributed by atoms with Crippen LogP contribution < -0.4 is 0 Å². The molecule has 0 bridgehead atoms. The summed E-state index contributed by atoms with van der Waals surface area (Å²) in [6.45, 7) is 12.2. The number of nitrogens with zero attached hydrogens (tertiary/aromatic N) is 2. The van der Waals surface area contributed by atoms with Crippen LogP contribution >= 0.6 is 11.8 Å². The molecule has 0 saturated carbocycles. The van der Waals surface area contributed by atoms with Crippen LogP contribution in [0.5, 0.6) is 0 Å². The van der Waals surface area contributed by atoms with Crippen LogP contribution in [0.2, 0.25) is 0 Å². The van der Waals surface area contributed by atoms with E-state index >= 15 is 0 Å². The maximum absolute atomic E-state index is 14.6. The fourth-order valence-electron chi connectivity index (χ4n) is 7.16. The maximum Gasteiger partial charge on any atom is 0.311 e. The van der Waals surface area contributed by atoms with Gasteiger partial charge in [0.25, 0.3) is 0 Å². The van der Waals surface area contributed by atoms with Crippen molar-refractivity contribution in [3.8, 4) is 0 Å². The molecule has 212 valence electrons. The first-order chi connectivity index (χ1) is 17.9. The van der Waals surface area contributed by atoms with E-state index in [9.17, 15) is 19.5 Å². The van der Waals surface area contributed by atoms with Crippen LogP contribution in [-0.2, 0) is 19.1 Å². The molecular formula is C30H46N2O5S. The molecule has 2 amide bonds. The summed E-state index contributed by atoms with van der Waals surface area (Å²) < 4.78 is 4.88. The average Bonchev–Trinajstić information content (AvgIpc) is 3.19. The number of aliphatic hydroxyl groups excluding tert-OH is 1. The summed E-state index contributed by atoms with van der Waals surface area (Å²) in [6.07, 6.45) is 14.0. The number of ether oxygens (including phenoxy) is 1. The minimum absolute atomic E-state index is 0.0224. The van der Waals surface area contributed by atoms with Crippen LogP contribution in [0.25, 0.3) is 0 Å². The highest BCUT2D eigenvalue weighted by Crippen LogP contribution is 2.61. The number of rotatable bonds is 7. The Bertz CT molecular complexity index is 970. The Labute approximate surface area is 232 Å². The summed E-state index contributed by atoms with van der Waals surface area (Å²) in [6, 6.07) is -0.670. The third kappa shape index (κ3) is 5.58. The van der Waals surface area contributed by atoms with Crippen molar-refractivity contribution in [2.45, 2.75) is 101 Å². The van der Waals surface area contributed by atoms with E-state index in [2.05, 4.69) is 58.9 Å². The van der Waals surface area contributed by atoms with Crippen LogP contribution in [0.1, 0.15) is 79.6 Å². The lowest BCUT2D eigenvalue weighted by Gasteiger charge is -2.44. The van der Waals surface area contributed by atoms with E-state index in [4.69, 9.17) is 4.74 Å². The SMILES string of the molecule is CC(C)(C)CC(C)(C)N1CC=C[C@]23S[C@@H]4/C=C\CCCCOC(=O)[C@@H]4[C@H]2C(=O)N(CCCCCO)C3C1=O. The van der Waals surface area contributed by atoms with Gasteiger partial charge in [-0.2, -0.15) is 0 Å². The molecule has 0 aromatic heterocycles. The van der Waals surface area contributed by atoms with E-state index in [-0.39, 0.29) is 35.1 Å². The summed E-state index contributed by atoms with van der Waals surface area (Å²) in [5.74, 6) is -1.72. The first-order valence-corrected chi connectivity index (χ1v) is 15.2. The molecule has 2 fully saturated rings. The van der Waals surface area contributed by atoms with Crippen molar-refractivity contribution < 1.29 is 24.2 Å². The minimum Gasteiger partial charge on any atom is -0.465 e. The summed E-state index contributed by atoms with van der Waals surface area (Å²) in [4.78, 5) is 46.0. The molecule has 2 saturated heterocycles. The molecule has 4 rings (SSSR count). The first kappa shape index (κ1) is 29.2. The Balaban J connectivity index is 1.76. The van der Waals surface area contributed by atoms with Gasteiger partial charge in [-0.05, 0) is 64.2 Å². The molecule has 5 atom stereocenters. The molecule has 8 heteroatoms. The van der Waals surface area contributed by atoms with Gasteiger partial charge in [0, 0.05) is 30.5 Å². The van der Waals surface area contributed by atoms with Crippen molar-refractivity contribution in [1.82, 2.24) is 9.80 Å². The van der Waals surface area contributed by atoms with Gasteiger partial charge in [-0.1, -0.05) is 45.1 Å². The summed E-state index contributed by atoms with van der Waals surface area (Å²) in [7, 11) is 0. The van der Waals surface area contributed by atoms with E-state index in [1.165, 1.54) is 0 Å². The van der Waals surface area contributed by atoms with Crippen molar-refractivity contribution in [1.29, 1.82) is 0 Å². The normalized spacial score (nSPS) is 32.9. The molecule has 7 nitrogen and oxygen atoms in total. The second-order valence-corrected chi connectivity index (χ2v) is 14.6. The lowest BCUT2D eigenvalue weighted by atomic mass is 9.78. The van der Waals surface area contributed by atoms with Gasteiger partial charge in [0.15, 0.2) is 0 Å². The third-order valence-corrected chi connectivity index (χ3v) is 10.1. The number of fused-ring (bicyclic) bond motifs is 2. The number of esters is 1. The predicted molar refractivity (Wildman–Crippen MR) is 150 cm³/mol. The van der Waals surface area contributed by atoms with Crippen LogP contribution in [-0.4, -0.2) is 80.6 Å². The van der Waals surface area contributed by atoms with Gasteiger partial charge < -0.3 is 19.6 Å². The van der Waals surface area contributed by atoms with Crippen LogP contribution in [0.3, 0.4) is 0 Å². The van der Waals surface area contributed by atoms with E-state index in [1.54, 1.807) is 16.7 Å². The minimum atomic E-state index is -0.815. The lowest BCUT2D eigenvalue weighted by Crippen LogP contribution is -2.58. The van der Waals surface area contributed by atoms with Gasteiger partial charge in [0.05, 0.1) is 23.2 Å². The highest BCUT2D eigenvalue weighted by atomic mass is 32.2. The number of likely N-dealkylation sites (tertiary alicyclic amines) is 1. The second kappa shape index (κ2) is 11.4. The molecule has 4 aliphatic heterocycles. The van der Waals surface area contributed by atoms with Crippen LogP contribution in [0.15, 0.2) is 24.3 Å². The Morgan fingerprint density at radius 1 is 1.05 bits per heavy atom. The van der Waals surface area contributed by atoms with Crippen molar-refractivity contribution in [2.24, 2.45) is 17.3 Å². The van der Waals surface area contributed by atoms with E-state index < -0.39 is 28.2 Å². The quantitative estimate of drug-likeness (QED) is 0.290. The fourth-order valence-corrected chi connectivity index (χ4v) is 9.17. The molecule has 0 aromatic carbocycles. The molecular weight excluding hydrogens is 500 g/mol. The zero-order chi connectivity index (χ0) is 27.7. The number of amides is 2. The number of carbonyl (C=O) groups is 3. The van der Waals surface area contributed by atoms with Gasteiger partial charge >= 0.3 is 5.97 Å². The Kier molecular flexibility index (Phi) is 8.73. The van der Waals surface area contributed by atoms with Crippen LogP contribution in [0.4, 0.5) is 0 Å². The van der Waals surface area contributed by atoms with E-state index in [0.29, 0.717) is 32.5 Å². The number of hydrogen-bond acceptors (Lipinski definition) is 6. The largest absolute Gasteiger partial charge is 0.465 e. The molecule has 1 spiro atoms. The number of thioether (sulfide) groups is 1. The Morgan fingerprint density at radius 3 is 2.53 bits per heavy atom. The number of aliphatic hydroxyl groups is 1. The molecule has 4 aliphatic rings. The molecule has 0 aliphatic carbocycles. The topological polar surface area (TPSA) is 87.2 Å². The number of carbonyl (C=O) groups excluding carboxylic acids is 3. The number of allylic oxidation sites excluding steroid dienone is 1. The predicted octanol–water partition coefficient (Wildman–Crippen LogP) is 4.34. The third-order valence-electron chi connectivity index (χ3n) is 8.35. The molecule has 0 aromatic rings. The van der Waals surface area contributed by atoms with Crippen molar-refractivity contribution >= 4 is 29.5 Å². The zero-order valence-corrected chi connectivity index (χ0v) is 24.6. The molecule has 1 N–H and O–H groups in total. The monoisotopic (exact) mass is 546 g/mol. The standard InChI is InChI=1S/C30H46N2O5S/c1-28(2,3)20-29(4,5)32-17-13-15-30-23(22-21(38-30)14-9-6-7-12-19-37-27(22)36)25(34)31(24(30)26(32)35)16-10-8-11-18-33/h9,13-15,21-24,33H,6-8,10-12,16-20H2,1-5H3/b14-9-/t21-,22+,23+,24?,30+/m1/s1. The van der Waals surface area contributed by atoms with Crippen molar-refractivity contribution in [3.05, 3.63) is 24.3 Å². The van der Waals surface area contributed by atoms with E-state index in [1.807, 2.05) is 4.90 Å². The highest BCUT2D eigenvalue weighted by Gasteiger charge is 2.71. The smallest absolute Gasteiger partial charge is 0.311 e. The lowest BCUT2D eigenvalue weighted by molar-refractivity contribution is -0.153. The van der Waals surface area contributed by atoms with E-state index in [0.717, 1.165) is 32.1 Å². The van der Waals surface area contributed by atoms with Crippen molar-refractivity contribution in [3.63, 3.8) is 0 Å². The average molecular weight is 547 g/mol. The number of cyclic esters (lactones) is 1. The molecule has 38 heavy (non-hydrogen) atoms. The summed E-state index contributed by atoms with van der Waals surface area (Å²) >= 11 is 1.61. The fraction of sp³-hybridized carbons (Fsp3) is 0.767. The van der Waals surface area contributed by atoms with Crippen LogP contribution in [0, 0.1) is 17.3 Å². The summed E-state index contributed by atoms with van der Waals surface area (Å²) in [5.41, 5.74) is -0.386. The number of unbranched alkanes of at least 4 members (excludes halogenated alkanes) is 2. The zero-order valence-electron chi connectivity index (χ0n) is 23.8. The second-order valence-electron chi connectivity index (χ2n) is 13.2. The van der Waals surface area contributed by atoms with Crippen molar-refractivity contribution in [2.75, 3.05) is 26.3 Å². The Hall–Kier alpha value is -1.80. The van der Waals surface area contributed by atoms with Gasteiger partial charge in [-0.25, -0.2) is 0 Å². The first-order valence-electron chi connectivity index (χ1n) is 14.3. The molecule has 0 radical (unpaired) electrons. The summed E-state index contributed by atoms with van der Waals surface area (Å²) in [5, 5.41) is 9.06. The highest BCUT2D eigenvalue weighted by molar-refractivity contribution is 8.02. The van der Waals surface area contributed by atoms with Gasteiger partial charge in [0.2, 0.25) is 11.8 Å². The molecule has 1 unspecified atom stereocenters. The molecule has 4 heterocycles. The van der Waals surface area contributed by atoms with Gasteiger partial charge in [-0.3, -0.25) is 14.4 Å².